The molecule has 9 nitrogen and oxygen atoms in total. The van der Waals surface area contributed by atoms with Crippen molar-refractivity contribution in [2.45, 2.75) is 0 Å². The van der Waals surface area contributed by atoms with Crippen molar-refractivity contribution < 1.29 is 34.0 Å². The Morgan fingerprint density at radius 2 is 1.58 bits per heavy atom. The van der Waals surface area contributed by atoms with Crippen LogP contribution in [0.25, 0.3) is 6.08 Å². The maximum atomic E-state index is 12.7. The van der Waals surface area contributed by atoms with Gasteiger partial charge in [-0.25, -0.2) is 4.99 Å². The number of para-hydroxylation sites is 1. The lowest BCUT2D eigenvalue weighted by molar-refractivity contribution is -0.111. The molecule has 10 heteroatoms. The van der Waals surface area contributed by atoms with E-state index in [4.69, 9.17) is 24.7 Å². The number of Topliss-reactive ketones (excluding diaryl/α,β-unsaturated/α-hetero) is 1. The van der Waals surface area contributed by atoms with E-state index in [1.54, 1.807) is 18.2 Å². The Labute approximate surface area is 214 Å². The number of thioether (sulfide) groups is 1. The van der Waals surface area contributed by atoms with Crippen LogP contribution in [0.1, 0.15) is 5.56 Å². The average Bonchev–Trinajstić information content (AvgIpc) is 3.17. The molecular weight excluding hydrogens is 484 g/mol. The van der Waals surface area contributed by atoms with E-state index in [1.165, 1.54) is 6.07 Å². The van der Waals surface area contributed by atoms with E-state index in [2.05, 4.69) is 4.99 Å². The summed E-state index contributed by atoms with van der Waals surface area (Å²) in [5.74, 6) is -0.0837. The lowest BCUT2D eigenvalue weighted by Gasteiger charge is -2.10. The van der Waals surface area contributed by atoms with Crippen molar-refractivity contribution in [3.63, 3.8) is 0 Å². The number of nitrogens with two attached hydrogens (primary N) is 1. The monoisotopic (exact) mass is 514 g/mol. The molecule has 0 amide bonds. The zero-order valence-corrected chi connectivity index (χ0v) is 20.6. The Bertz CT molecular complexity index is 1090. The molecule has 0 unspecified atom stereocenters. The molecule has 2 aromatic rings. The first-order valence-corrected chi connectivity index (χ1v) is 12.3. The van der Waals surface area contributed by atoms with Crippen LogP contribution in [0.3, 0.4) is 0 Å². The van der Waals surface area contributed by atoms with Gasteiger partial charge in [0.1, 0.15) is 11.7 Å². The number of aromatic hydroxyl groups is 1. The lowest BCUT2D eigenvalue weighted by atomic mass is 10.1. The summed E-state index contributed by atoms with van der Waals surface area (Å²) in [6.45, 7) is 3.46. The highest BCUT2D eigenvalue weighted by Gasteiger charge is 2.31. The Morgan fingerprint density at radius 1 is 0.917 bits per heavy atom. The number of ketones is 1. The van der Waals surface area contributed by atoms with Crippen LogP contribution in [0, 0.1) is 0 Å². The molecule has 0 spiro atoms. The molecule has 1 heterocycles. The Balaban J connectivity index is 1.47. The Kier molecular flexibility index (Phi) is 11.5. The minimum atomic E-state index is -0.332. The van der Waals surface area contributed by atoms with E-state index in [-0.39, 0.29) is 23.7 Å². The van der Waals surface area contributed by atoms with Crippen LogP contribution in [0.5, 0.6) is 11.5 Å². The van der Waals surface area contributed by atoms with Gasteiger partial charge in [0.2, 0.25) is 5.78 Å². The Hall–Kier alpha value is -3.15. The second-order valence-electron chi connectivity index (χ2n) is 7.44. The van der Waals surface area contributed by atoms with Crippen LogP contribution >= 0.6 is 11.8 Å². The molecule has 0 atom stereocenters. The van der Waals surface area contributed by atoms with E-state index < -0.39 is 0 Å². The molecule has 192 valence electrons. The SMILES string of the molecule is NCCOCCOCCOCCOc1ccc(/C=C2\SC(=Nc3ccccc3)/C(=C\O)C2=O)cc1O. The second-order valence-corrected chi connectivity index (χ2v) is 8.47. The van der Waals surface area contributed by atoms with Gasteiger partial charge in [-0.15, -0.1) is 0 Å². The fourth-order valence-electron chi connectivity index (χ4n) is 3.08. The van der Waals surface area contributed by atoms with Crippen molar-refractivity contribution in [1.82, 2.24) is 0 Å². The highest BCUT2D eigenvalue weighted by atomic mass is 32.2. The lowest BCUT2D eigenvalue weighted by Crippen LogP contribution is -2.14. The molecule has 1 fully saturated rings. The van der Waals surface area contributed by atoms with Gasteiger partial charge in [-0.05, 0) is 35.9 Å². The first-order chi connectivity index (χ1) is 17.6. The van der Waals surface area contributed by atoms with Gasteiger partial charge < -0.3 is 34.9 Å². The topological polar surface area (TPSA) is 133 Å². The highest BCUT2D eigenvalue weighted by molar-refractivity contribution is 8.19. The quantitative estimate of drug-likeness (QED) is 0.196. The summed E-state index contributed by atoms with van der Waals surface area (Å²) < 4.78 is 21.6. The summed E-state index contributed by atoms with van der Waals surface area (Å²) in [5.41, 5.74) is 6.74. The molecule has 0 aromatic heterocycles. The van der Waals surface area contributed by atoms with Crippen molar-refractivity contribution in [2.75, 3.05) is 52.8 Å². The van der Waals surface area contributed by atoms with Gasteiger partial charge in [-0.2, -0.15) is 0 Å². The minimum absolute atomic E-state index is 0.0586. The number of hydrogen-bond acceptors (Lipinski definition) is 10. The van der Waals surface area contributed by atoms with Gasteiger partial charge in [-0.3, -0.25) is 4.79 Å². The number of ether oxygens (including phenoxy) is 4. The molecule has 0 radical (unpaired) electrons. The van der Waals surface area contributed by atoms with Crippen molar-refractivity contribution in [3.05, 3.63) is 70.8 Å². The minimum Gasteiger partial charge on any atom is -0.515 e. The maximum Gasteiger partial charge on any atom is 0.205 e. The fourth-order valence-corrected chi connectivity index (χ4v) is 4.09. The van der Waals surface area contributed by atoms with Gasteiger partial charge >= 0.3 is 0 Å². The largest absolute Gasteiger partial charge is 0.515 e. The summed E-state index contributed by atoms with van der Waals surface area (Å²) >= 11 is 1.16. The van der Waals surface area contributed by atoms with Gasteiger partial charge in [0.15, 0.2) is 11.5 Å². The normalized spacial score (nSPS) is 16.9. The van der Waals surface area contributed by atoms with Gasteiger partial charge in [0, 0.05) is 6.54 Å². The number of phenols is 1. The third-order valence-electron chi connectivity index (χ3n) is 4.79. The number of nitrogens with zero attached hydrogens (tertiary/aromatic N) is 1. The molecule has 36 heavy (non-hydrogen) atoms. The van der Waals surface area contributed by atoms with Crippen molar-refractivity contribution in [1.29, 1.82) is 0 Å². The number of phenolic OH excluding ortho intramolecular Hbond substituents is 1. The van der Waals surface area contributed by atoms with Crippen LogP contribution in [-0.2, 0) is 19.0 Å². The number of rotatable bonds is 14. The number of aliphatic hydroxyl groups excluding tert-OH is 1. The van der Waals surface area contributed by atoms with E-state index >= 15 is 0 Å². The van der Waals surface area contributed by atoms with Gasteiger partial charge in [0.05, 0.1) is 62.1 Å². The highest BCUT2D eigenvalue weighted by Crippen LogP contribution is 2.38. The number of carbonyl (C=O) groups excluding carboxylic acids is 1. The van der Waals surface area contributed by atoms with E-state index in [0.717, 1.165) is 18.0 Å². The summed E-state index contributed by atoms with van der Waals surface area (Å²) in [4.78, 5) is 17.5. The smallest absolute Gasteiger partial charge is 0.205 e. The first-order valence-electron chi connectivity index (χ1n) is 11.4. The summed E-state index contributed by atoms with van der Waals surface area (Å²) in [6.07, 6.45) is 2.41. The number of hydrogen-bond donors (Lipinski definition) is 3. The van der Waals surface area contributed by atoms with Gasteiger partial charge in [-0.1, -0.05) is 36.0 Å². The summed E-state index contributed by atoms with van der Waals surface area (Å²) in [7, 11) is 0. The van der Waals surface area contributed by atoms with Crippen molar-refractivity contribution in [2.24, 2.45) is 10.7 Å². The molecule has 0 bridgehead atoms. The molecule has 1 aliphatic rings. The number of aliphatic hydroxyl groups is 1. The van der Waals surface area contributed by atoms with Crippen LogP contribution < -0.4 is 10.5 Å². The van der Waals surface area contributed by atoms with Crippen molar-refractivity contribution >= 4 is 34.4 Å². The standard InChI is InChI=1S/C26H30N2O7S/c27-8-9-32-10-11-33-12-13-34-14-15-35-23-7-6-19(16-22(23)30)17-24-25(31)21(18-29)26(36-24)28-20-4-2-1-3-5-20/h1-7,16-18,29-30H,8-15,27H2/b21-18-,24-17-,28-26?. The van der Waals surface area contributed by atoms with E-state index in [9.17, 15) is 15.0 Å². The zero-order valence-electron chi connectivity index (χ0n) is 19.8. The number of allylic oxidation sites excluding steroid dienone is 1. The number of aliphatic imine (C=N–C) groups is 1. The molecular formula is C26H30N2O7S. The average molecular weight is 515 g/mol. The fraction of sp³-hybridized carbons (Fsp3) is 0.308. The van der Waals surface area contributed by atoms with Crippen LogP contribution in [0.2, 0.25) is 0 Å². The molecule has 2 aromatic carbocycles. The maximum absolute atomic E-state index is 12.7. The summed E-state index contributed by atoms with van der Waals surface area (Å²) in [6, 6.07) is 14.0. The second kappa shape index (κ2) is 15.1. The molecule has 3 rings (SSSR count). The number of benzene rings is 2. The van der Waals surface area contributed by atoms with Crippen LogP contribution in [0.15, 0.2) is 70.3 Å². The van der Waals surface area contributed by atoms with Crippen LogP contribution in [-0.4, -0.2) is 73.8 Å². The van der Waals surface area contributed by atoms with E-state index in [1.807, 2.05) is 30.3 Å². The third-order valence-corrected chi connectivity index (χ3v) is 5.82. The Morgan fingerprint density at radius 3 is 2.22 bits per heavy atom. The van der Waals surface area contributed by atoms with Crippen molar-refractivity contribution in [3.8, 4) is 11.5 Å². The van der Waals surface area contributed by atoms with Crippen LogP contribution in [0.4, 0.5) is 5.69 Å². The van der Waals surface area contributed by atoms with Gasteiger partial charge in [0.25, 0.3) is 0 Å². The molecule has 1 saturated heterocycles. The summed E-state index contributed by atoms with van der Waals surface area (Å²) in [5, 5.41) is 20.3. The molecule has 1 aliphatic heterocycles. The number of carbonyl (C=O) groups is 1. The predicted octanol–water partition coefficient (Wildman–Crippen LogP) is 3.61. The zero-order chi connectivity index (χ0) is 25.6. The van der Waals surface area contributed by atoms with E-state index in [0.29, 0.717) is 73.1 Å². The molecule has 4 N–H and O–H groups in total. The third kappa shape index (κ3) is 8.51. The predicted molar refractivity (Wildman–Crippen MR) is 140 cm³/mol. The molecule has 0 saturated carbocycles. The molecule has 0 aliphatic carbocycles. The first kappa shape index (κ1) is 27.4.